The van der Waals surface area contributed by atoms with Gasteiger partial charge in [0.25, 0.3) is 0 Å². The molecule has 1 aliphatic rings. The Bertz CT molecular complexity index is 456. The number of piperidine rings is 1. The molecule has 1 heterocycles. The number of carbonyl (C=O) groups excluding carboxylic acids is 1. The fraction of sp³-hybridized carbons (Fsp3) is 0.562. The van der Waals surface area contributed by atoms with Gasteiger partial charge < -0.3 is 10.6 Å². The Morgan fingerprint density at radius 3 is 3.00 bits per heavy atom. The van der Waals surface area contributed by atoms with Gasteiger partial charge in [-0.05, 0) is 31.4 Å². The molecule has 1 fully saturated rings. The quantitative estimate of drug-likeness (QED) is 0.873. The summed E-state index contributed by atoms with van der Waals surface area (Å²) in [5, 5.41) is 6.48. The van der Waals surface area contributed by atoms with E-state index in [4.69, 9.17) is 0 Å². The van der Waals surface area contributed by atoms with E-state index in [-0.39, 0.29) is 24.4 Å². The molecule has 0 saturated carbocycles. The normalized spacial score (nSPS) is 21.4. The summed E-state index contributed by atoms with van der Waals surface area (Å²) in [6.07, 6.45) is 1.14. The molecule has 2 rings (SSSR count). The molecule has 0 bridgehead atoms. The molecule has 1 aliphatic heterocycles. The summed E-state index contributed by atoms with van der Waals surface area (Å²) in [5.74, 6) is 2.16. The van der Waals surface area contributed by atoms with Crippen LogP contribution in [-0.2, 0) is 10.5 Å². The predicted octanol–water partition coefficient (Wildman–Crippen LogP) is 2.76. The molecule has 3 nitrogen and oxygen atoms in total. The lowest BCUT2D eigenvalue weighted by molar-refractivity contribution is -0.119. The third-order valence-corrected chi connectivity index (χ3v) is 4.76. The minimum Gasteiger partial charge on any atom is -0.351 e. The van der Waals surface area contributed by atoms with Gasteiger partial charge in [-0.3, -0.25) is 4.79 Å². The van der Waals surface area contributed by atoms with Gasteiger partial charge in [0.05, 0.1) is 5.75 Å². The zero-order valence-electron chi connectivity index (χ0n) is 12.7. The van der Waals surface area contributed by atoms with Crippen molar-refractivity contribution < 1.29 is 4.79 Å². The van der Waals surface area contributed by atoms with Crippen molar-refractivity contribution in [2.24, 2.45) is 5.92 Å². The van der Waals surface area contributed by atoms with Crippen LogP contribution in [0.5, 0.6) is 0 Å². The molecule has 1 aromatic rings. The molecule has 21 heavy (non-hydrogen) atoms. The summed E-state index contributed by atoms with van der Waals surface area (Å²) in [5.41, 5.74) is 2.56. The van der Waals surface area contributed by atoms with Crippen LogP contribution in [0.2, 0.25) is 0 Å². The third kappa shape index (κ3) is 6.29. The van der Waals surface area contributed by atoms with Gasteiger partial charge in [-0.25, -0.2) is 0 Å². The molecule has 1 saturated heterocycles. The number of hydrogen-bond donors (Lipinski definition) is 2. The molecule has 2 atom stereocenters. The van der Waals surface area contributed by atoms with Crippen molar-refractivity contribution in [2.75, 3.05) is 18.8 Å². The highest BCUT2D eigenvalue weighted by Crippen LogP contribution is 2.14. The monoisotopic (exact) mass is 328 g/mol. The molecule has 1 amide bonds. The number of carbonyl (C=O) groups is 1. The average Bonchev–Trinajstić information content (AvgIpc) is 2.41. The van der Waals surface area contributed by atoms with E-state index in [1.165, 1.54) is 11.1 Å². The van der Waals surface area contributed by atoms with Crippen LogP contribution < -0.4 is 10.6 Å². The van der Waals surface area contributed by atoms with E-state index in [0.717, 1.165) is 25.3 Å². The maximum atomic E-state index is 12.0. The van der Waals surface area contributed by atoms with Crippen LogP contribution in [0.3, 0.4) is 0 Å². The lowest BCUT2D eigenvalue weighted by atomic mass is 9.95. The van der Waals surface area contributed by atoms with Gasteiger partial charge in [-0.2, -0.15) is 0 Å². The Balaban J connectivity index is 0.00000220. The van der Waals surface area contributed by atoms with Crippen LogP contribution in [0.1, 0.15) is 24.5 Å². The van der Waals surface area contributed by atoms with Crippen molar-refractivity contribution in [3.05, 3.63) is 35.4 Å². The topological polar surface area (TPSA) is 41.1 Å². The molecule has 118 valence electrons. The van der Waals surface area contributed by atoms with Gasteiger partial charge in [-0.15, -0.1) is 24.2 Å². The van der Waals surface area contributed by atoms with E-state index < -0.39 is 0 Å². The Labute approximate surface area is 138 Å². The Kier molecular flexibility index (Phi) is 8.15. The molecule has 0 aromatic heterocycles. The van der Waals surface area contributed by atoms with Crippen molar-refractivity contribution >= 4 is 30.1 Å². The molecule has 0 radical (unpaired) electrons. The van der Waals surface area contributed by atoms with Gasteiger partial charge in [-0.1, -0.05) is 36.8 Å². The van der Waals surface area contributed by atoms with E-state index in [9.17, 15) is 4.79 Å². The highest BCUT2D eigenvalue weighted by atomic mass is 35.5. The molecule has 2 unspecified atom stereocenters. The van der Waals surface area contributed by atoms with Crippen LogP contribution in [0.4, 0.5) is 0 Å². The van der Waals surface area contributed by atoms with E-state index in [0.29, 0.717) is 11.7 Å². The molecule has 0 aliphatic carbocycles. The first-order valence-electron chi connectivity index (χ1n) is 7.28. The number of nitrogens with one attached hydrogen (secondary N) is 2. The maximum Gasteiger partial charge on any atom is 0.230 e. The summed E-state index contributed by atoms with van der Waals surface area (Å²) >= 11 is 1.68. The zero-order chi connectivity index (χ0) is 14.4. The van der Waals surface area contributed by atoms with Crippen LogP contribution >= 0.6 is 24.2 Å². The minimum absolute atomic E-state index is 0. The number of thioether (sulfide) groups is 1. The molecule has 1 aromatic carbocycles. The fourth-order valence-corrected chi connectivity index (χ4v) is 3.28. The largest absolute Gasteiger partial charge is 0.351 e. The van der Waals surface area contributed by atoms with Crippen molar-refractivity contribution in [3.63, 3.8) is 0 Å². The summed E-state index contributed by atoms with van der Waals surface area (Å²) in [7, 11) is 0. The van der Waals surface area contributed by atoms with Gasteiger partial charge >= 0.3 is 0 Å². The number of aryl methyl sites for hydroxylation is 1. The first kappa shape index (κ1) is 18.3. The number of amides is 1. The first-order chi connectivity index (χ1) is 9.65. The van der Waals surface area contributed by atoms with E-state index in [1.54, 1.807) is 11.8 Å². The second-order valence-corrected chi connectivity index (χ2v) is 6.61. The molecular weight excluding hydrogens is 304 g/mol. The Hall–Kier alpha value is -0.710. The summed E-state index contributed by atoms with van der Waals surface area (Å²) < 4.78 is 0. The smallest absolute Gasteiger partial charge is 0.230 e. The van der Waals surface area contributed by atoms with Crippen molar-refractivity contribution in [3.8, 4) is 0 Å². The molecule has 2 N–H and O–H groups in total. The van der Waals surface area contributed by atoms with Gasteiger partial charge in [0, 0.05) is 18.3 Å². The molecule has 0 spiro atoms. The summed E-state index contributed by atoms with van der Waals surface area (Å²) in [6.45, 7) is 6.27. The van der Waals surface area contributed by atoms with Gasteiger partial charge in [0.2, 0.25) is 5.91 Å². The number of rotatable bonds is 5. The summed E-state index contributed by atoms with van der Waals surface area (Å²) in [6, 6.07) is 8.75. The van der Waals surface area contributed by atoms with E-state index in [1.807, 2.05) is 0 Å². The van der Waals surface area contributed by atoms with Gasteiger partial charge in [0.15, 0.2) is 0 Å². The first-order valence-corrected chi connectivity index (χ1v) is 8.44. The second-order valence-electron chi connectivity index (χ2n) is 5.63. The SMILES string of the molecule is Cc1cccc(CSCC(=O)NC2CNCCC2C)c1.Cl. The van der Waals surface area contributed by atoms with Crippen LogP contribution in [0, 0.1) is 12.8 Å². The number of halogens is 1. The standard InChI is InChI=1S/C16H24N2OS.ClH/c1-12-4-3-5-14(8-12)10-20-11-16(19)18-15-9-17-7-6-13(15)2;/h3-5,8,13,15,17H,6-7,9-11H2,1-2H3,(H,18,19);1H. The van der Waals surface area contributed by atoms with Crippen molar-refractivity contribution in [1.82, 2.24) is 10.6 Å². The Morgan fingerprint density at radius 2 is 2.29 bits per heavy atom. The molecular formula is C16H25ClN2OS. The van der Waals surface area contributed by atoms with Crippen LogP contribution in [0.15, 0.2) is 24.3 Å². The number of benzene rings is 1. The highest BCUT2D eigenvalue weighted by molar-refractivity contribution is 7.99. The fourth-order valence-electron chi connectivity index (χ4n) is 2.49. The molecule has 5 heteroatoms. The maximum absolute atomic E-state index is 12.0. The van der Waals surface area contributed by atoms with Crippen molar-refractivity contribution in [2.45, 2.75) is 32.1 Å². The minimum atomic E-state index is 0. The van der Waals surface area contributed by atoms with E-state index >= 15 is 0 Å². The third-order valence-electron chi connectivity index (χ3n) is 3.76. The predicted molar refractivity (Wildman–Crippen MR) is 93.2 cm³/mol. The summed E-state index contributed by atoms with van der Waals surface area (Å²) in [4.78, 5) is 12.0. The second kappa shape index (κ2) is 9.34. The lowest BCUT2D eigenvalue weighted by Gasteiger charge is -2.30. The lowest BCUT2D eigenvalue weighted by Crippen LogP contribution is -2.50. The number of hydrogen-bond acceptors (Lipinski definition) is 3. The zero-order valence-corrected chi connectivity index (χ0v) is 14.4. The van der Waals surface area contributed by atoms with Gasteiger partial charge in [0.1, 0.15) is 0 Å². The Morgan fingerprint density at radius 1 is 1.48 bits per heavy atom. The average molecular weight is 329 g/mol. The van der Waals surface area contributed by atoms with Crippen LogP contribution in [-0.4, -0.2) is 30.8 Å². The highest BCUT2D eigenvalue weighted by Gasteiger charge is 2.22. The van der Waals surface area contributed by atoms with Crippen LogP contribution in [0.25, 0.3) is 0 Å². The van der Waals surface area contributed by atoms with Crippen molar-refractivity contribution in [1.29, 1.82) is 0 Å². The van der Waals surface area contributed by atoms with E-state index in [2.05, 4.69) is 48.7 Å².